The molecule has 1 amide bonds. The predicted octanol–water partition coefficient (Wildman–Crippen LogP) is 4.38. The number of hydrogen-bond acceptors (Lipinski definition) is 6. The molecule has 0 unspecified atom stereocenters. The van der Waals surface area contributed by atoms with Crippen LogP contribution in [0, 0.1) is 6.92 Å². The van der Waals surface area contributed by atoms with Crippen LogP contribution in [0.4, 0.5) is 5.69 Å². The number of aromatic nitrogens is 1. The van der Waals surface area contributed by atoms with Crippen LogP contribution in [0.3, 0.4) is 0 Å². The van der Waals surface area contributed by atoms with Crippen molar-refractivity contribution in [3.63, 3.8) is 0 Å². The normalized spacial score (nSPS) is 13.5. The largest absolute Gasteiger partial charge is 0.495 e. The Morgan fingerprint density at radius 2 is 2.03 bits per heavy atom. The van der Waals surface area contributed by atoms with Crippen molar-refractivity contribution in [2.45, 2.75) is 26.8 Å². The summed E-state index contributed by atoms with van der Waals surface area (Å²) in [5.74, 6) is -0.567. The van der Waals surface area contributed by atoms with Crippen LogP contribution in [-0.2, 0) is 22.5 Å². The van der Waals surface area contributed by atoms with Crippen molar-refractivity contribution in [3.05, 3.63) is 63.8 Å². The Kier molecular flexibility index (Phi) is 6.81. The molecular weight excluding hydrogens is 442 g/mol. The lowest BCUT2D eigenvalue weighted by atomic mass is 9.96. The van der Waals surface area contributed by atoms with Crippen molar-refractivity contribution in [2.24, 2.45) is 0 Å². The number of pyridine rings is 1. The number of likely N-dealkylation sites (N-methyl/N-ethyl adjacent to an activating group) is 1. The highest BCUT2D eigenvalue weighted by Crippen LogP contribution is 2.31. The number of ether oxygens (including phenoxy) is 2. The zero-order valence-corrected chi connectivity index (χ0v) is 19.7. The van der Waals surface area contributed by atoms with Gasteiger partial charge in [-0.25, -0.2) is 4.79 Å². The Morgan fingerprint density at radius 1 is 1.24 bits per heavy atom. The maximum atomic E-state index is 13.2. The molecule has 1 aliphatic rings. The van der Waals surface area contributed by atoms with Crippen molar-refractivity contribution in [2.75, 3.05) is 32.1 Å². The summed E-state index contributed by atoms with van der Waals surface area (Å²) in [7, 11) is 1.49. The summed E-state index contributed by atoms with van der Waals surface area (Å²) in [6, 6.07) is 10.9. The van der Waals surface area contributed by atoms with Crippen LogP contribution in [0.5, 0.6) is 5.75 Å². The maximum Gasteiger partial charge on any atom is 0.339 e. The topological polar surface area (TPSA) is 80.8 Å². The van der Waals surface area contributed by atoms with Crippen LogP contribution in [0.15, 0.2) is 36.4 Å². The number of para-hydroxylation sites is 1. The molecule has 0 aliphatic carbocycles. The van der Waals surface area contributed by atoms with E-state index in [4.69, 9.17) is 26.1 Å². The Labute approximate surface area is 197 Å². The van der Waals surface area contributed by atoms with Crippen molar-refractivity contribution in [3.8, 4) is 5.75 Å². The molecule has 0 saturated heterocycles. The zero-order valence-electron chi connectivity index (χ0n) is 18.9. The first kappa shape index (κ1) is 23.0. The fraction of sp³-hybridized carbons (Fsp3) is 0.320. The molecule has 1 aliphatic heterocycles. The number of nitrogens with one attached hydrogen (secondary N) is 1. The third kappa shape index (κ3) is 4.79. The predicted molar refractivity (Wildman–Crippen MR) is 128 cm³/mol. The van der Waals surface area contributed by atoms with E-state index in [1.54, 1.807) is 12.1 Å². The van der Waals surface area contributed by atoms with E-state index >= 15 is 0 Å². The number of aryl methyl sites for hydroxylation is 1. The third-order valence-electron chi connectivity index (χ3n) is 5.87. The minimum absolute atomic E-state index is 0.424. The van der Waals surface area contributed by atoms with Gasteiger partial charge in [0, 0.05) is 47.2 Å². The van der Waals surface area contributed by atoms with Gasteiger partial charge in [0.15, 0.2) is 6.61 Å². The number of rotatable bonds is 6. The summed E-state index contributed by atoms with van der Waals surface area (Å²) >= 11 is 6.13. The van der Waals surface area contributed by atoms with E-state index in [-0.39, 0.29) is 0 Å². The molecule has 1 aromatic heterocycles. The number of benzene rings is 2. The number of methoxy groups -OCH3 is 1. The number of fused-ring (bicyclic) bond motifs is 2. The summed E-state index contributed by atoms with van der Waals surface area (Å²) in [5.41, 5.74) is 4.28. The Hall–Kier alpha value is -3.16. The fourth-order valence-electron chi connectivity index (χ4n) is 4.07. The monoisotopic (exact) mass is 467 g/mol. The first-order valence-electron chi connectivity index (χ1n) is 10.8. The summed E-state index contributed by atoms with van der Waals surface area (Å²) in [4.78, 5) is 32.8. The van der Waals surface area contributed by atoms with Gasteiger partial charge >= 0.3 is 5.97 Å². The van der Waals surface area contributed by atoms with Gasteiger partial charge in [0.25, 0.3) is 5.91 Å². The lowest BCUT2D eigenvalue weighted by molar-refractivity contribution is -0.119. The van der Waals surface area contributed by atoms with Crippen molar-refractivity contribution in [1.29, 1.82) is 0 Å². The molecule has 0 radical (unpaired) electrons. The van der Waals surface area contributed by atoms with E-state index < -0.39 is 18.5 Å². The molecule has 7 nitrogen and oxygen atoms in total. The minimum atomic E-state index is -0.530. The summed E-state index contributed by atoms with van der Waals surface area (Å²) in [6.45, 7) is 5.90. The van der Waals surface area contributed by atoms with E-state index in [0.717, 1.165) is 47.2 Å². The molecule has 0 saturated carbocycles. The average molecular weight is 468 g/mol. The van der Waals surface area contributed by atoms with E-state index in [1.165, 1.54) is 7.11 Å². The van der Waals surface area contributed by atoms with Crippen LogP contribution in [0.25, 0.3) is 10.9 Å². The standard InChI is InChI=1S/C25H26ClN3O4/c1-4-29-10-9-20-17(13-29)24(16-7-5-6-8-19(16)27-20)25(31)33-14-23(30)28-21-11-15(2)18(26)12-22(21)32-3/h5-8,11-12H,4,9-10,13-14H2,1-3H3,(H,28,30). The smallest absolute Gasteiger partial charge is 0.339 e. The zero-order chi connectivity index (χ0) is 23.5. The molecule has 1 N–H and O–H groups in total. The van der Waals surface area contributed by atoms with Crippen LogP contribution in [0.1, 0.15) is 34.1 Å². The first-order chi connectivity index (χ1) is 15.9. The van der Waals surface area contributed by atoms with E-state index in [9.17, 15) is 9.59 Å². The fourth-order valence-corrected chi connectivity index (χ4v) is 4.22. The number of nitrogens with zero attached hydrogens (tertiary/aromatic N) is 2. The Bertz CT molecular complexity index is 1230. The highest BCUT2D eigenvalue weighted by molar-refractivity contribution is 6.31. The van der Waals surface area contributed by atoms with Gasteiger partial charge in [-0.05, 0) is 31.2 Å². The first-order valence-corrected chi connectivity index (χ1v) is 11.2. The number of halogens is 1. The van der Waals surface area contributed by atoms with Gasteiger partial charge < -0.3 is 14.8 Å². The molecule has 3 aromatic rings. The number of carbonyl (C=O) groups is 2. The Balaban J connectivity index is 1.56. The SMILES string of the molecule is CCN1CCc2nc3ccccc3c(C(=O)OCC(=O)Nc3cc(C)c(Cl)cc3OC)c2C1. The highest BCUT2D eigenvalue weighted by Gasteiger charge is 2.26. The summed E-state index contributed by atoms with van der Waals surface area (Å²) in [5, 5.41) is 4.00. The van der Waals surface area contributed by atoms with Crippen LogP contribution < -0.4 is 10.1 Å². The van der Waals surface area contributed by atoms with Crippen molar-refractivity contribution in [1.82, 2.24) is 9.88 Å². The van der Waals surface area contributed by atoms with Crippen LogP contribution in [0.2, 0.25) is 5.02 Å². The molecule has 0 fully saturated rings. The van der Waals surface area contributed by atoms with Crippen molar-refractivity contribution >= 4 is 40.1 Å². The van der Waals surface area contributed by atoms with Crippen LogP contribution >= 0.6 is 11.6 Å². The molecule has 2 aromatic carbocycles. The summed E-state index contributed by atoms with van der Waals surface area (Å²) in [6.07, 6.45) is 0.768. The average Bonchev–Trinajstić information content (AvgIpc) is 2.82. The van der Waals surface area contributed by atoms with Gasteiger partial charge in [0.05, 0.1) is 23.9 Å². The molecule has 2 heterocycles. The van der Waals surface area contributed by atoms with Gasteiger partial charge in [0.1, 0.15) is 5.75 Å². The van der Waals surface area contributed by atoms with E-state index in [2.05, 4.69) is 17.1 Å². The second-order valence-electron chi connectivity index (χ2n) is 7.97. The van der Waals surface area contributed by atoms with Gasteiger partial charge in [0.2, 0.25) is 0 Å². The minimum Gasteiger partial charge on any atom is -0.495 e. The molecule has 172 valence electrons. The number of carbonyl (C=O) groups excluding carboxylic acids is 2. The lowest BCUT2D eigenvalue weighted by Gasteiger charge is -2.28. The number of esters is 1. The number of amides is 1. The summed E-state index contributed by atoms with van der Waals surface area (Å²) < 4.78 is 10.8. The van der Waals surface area contributed by atoms with Crippen LogP contribution in [-0.4, -0.2) is 48.6 Å². The quantitative estimate of drug-likeness (QED) is 0.542. The second kappa shape index (κ2) is 9.77. The number of hydrogen-bond donors (Lipinski definition) is 1. The third-order valence-corrected chi connectivity index (χ3v) is 6.27. The maximum absolute atomic E-state index is 13.2. The van der Waals surface area contributed by atoms with Gasteiger partial charge in [-0.2, -0.15) is 0 Å². The molecule has 8 heteroatoms. The molecule has 4 rings (SSSR count). The highest BCUT2D eigenvalue weighted by atomic mass is 35.5. The molecule has 33 heavy (non-hydrogen) atoms. The van der Waals surface area contributed by atoms with Crippen molar-refractivity contribution < 1.29 is 19.1 Å². The second-order valence-corrected chi connectivity index (χ2v) is 8.38. The Morgan fingerprint density at radius 3 is 2.79 bits per heavy atom. The van der Waals surface area contributed by atoms with Gasteiger partial charge in [-0.15, -0.1) is 0 Å². The molecule has 0 bridgehead atoms. The molecular formula is C25H26ClN3O4. The number of anilines is 1. The van der Waals surface area contributed by atoms with Gasteiger partial charge in [-0.1, -0.05) is 36.7 Å². The molecule has 0 spiro atoms. The molecule has 0 atom stereocenters. The van der Waals surface area contributed by atoms with E-state index in [0.29, 0.717) is 28.6 Å². The van der Waals surface area contributed by atoms with Gasteiger partial charge in [-0.3, -0.25) is 14.7 Å². The van der Waals surface area contributed by atoms with E-state index in [1.807, 2.05) is 31.2 Å². The lowest BCUT2D eigenvalue weighted by Crippen LogP contribution is -2.32.